The van der Waals surface area contributed by atoms with E-state index < -0.39 is 0 Å². The van der Waals surface area contributed by atoms with Crippen LogP contribution < -0.4 is 0 Å². The first-order chi connectivity index (χ1) is 8.42. The quantitative estimate of drug-likeness (QED) is 0.486. The molecule has 0 nitrogen and oxygen atoms in total. The molecule has 0 saturated heterocycles. The molecular formula is C18H46. The Morgan fingerprint density at radius 1 is 0.667 bits per heavy atom. The molecule has 0 aromatic heterocycles. The van der Waals surface area contributed by atoms with E-state index in [2.05, 4.69) is 41.5 Å². The van der Waals surface area contributed by atoms with Crippen LogP contribution in [0.5, 0.6) is 0 Å². The van der Waals surface area contributed by atoms with Crippen LogP contribution in [0, 0.1) is 17.3 Å². The first kappa shape index (κ1) is 30.8. The van der Waals surface area contributed by atoms with Gasteiger partial charge in [0.25, 0.3) is 0 Å². The van der Waals surface area contributed by atoms with Gasteiger partial charge in [0.05, 0.1) is 0 Å². The molecule has 0 heteroatoms. The first-order valence-electron chi connectivity index (χ1n) is 8.42. The van der Waals surface area contributed by atoms with Crippen molar-refractivity contribution in [3.05, 3.63) is 0 Å². The maximum Gasteiger partial charge on any atom is -0.0306 e. The third kappa shape index (κ3) is 18.4. The summed E-state index contributed by atoms with van der Waals surface area (Å²) in [5, 5.41) is 0. The molecule has 0 rings (SSSR count). The van der Waals surface area contributed by atoms with Crippen molar-refractivity contribution in [1.29, 1.82) is 0 Å². The minimum Gasteiger partial charge on any atom is -0.0683 e. The predicted octanol–water partition coefficient (Wildman–Crippen LogP) is 7.82. The van der Waals surface area contributed by atoms with Crippen molar-refractivity contribution in [2.45, 2.75) is 103 Å². The highest BCUT2D eigenvalue weighted by atomic mass is 14.3. The summed E-state index contributed by atoms with van der Waals surface area (Å²) in [5.74, 6) is 1.63. The van der Waals surface area contributed by atoms with Crippen LogP contribution in [-0.2, 0) is 0 Å². The van der Waals surface area contributed by atoms with Crippen molar-refractivity contribution in [3.8, 4) is 0 Å². The molecule has 0 aliphatic carbocycles. The average molecular weight is 263 g/mol. The van der Waals surface area contributed by atoms with Crippen LogP contribution in [0.25, 0.3) is 0 Å². The summed E-state index contributed by atoms with van der Waals surface area (Å²) in [6.07, 6.45) is 1.30. The molecule has 0 radical (unpaired) electrons. The molecule has 118 valence electrons. The largest absolute Gasteiger partial charge is 0.0683 e. The van der Waals surface area contributed by atoms with Crippen molar-refractivity contribution < 1.29 is 0 Å². The normalized spacial score (nSPS) is 10.2. The summed E-state index contributed by atoms with van der Waals surface area (Å²) in [4.78, 5) is 0. The van der Waals surface area contributed by atoms with E-state index in [0.717, 1.165) is 11.8 Å². The van der Waals surface area contributed by atoms with Crippen LogP contribution in [0.2, 0.25) is 0 Å². The number of hydrogen-bond donors (Lipinski definition) is 0. The zero-order valence-corrected chi connectivity index (χ0v) is 16.4. The summed E-state index contributed by atoms with van der Waals surface area (Å²) >= 11 is 0. The third-order valence-corrected chi connectivity index (χ3v) is 3.37. The Bertz CT molecular complexity index is 90.2. The Hall–Kier alpha value is 0. The van der Waals surface area contributed by atoms with Gasteiger partial charge in [0.1, 0.15) is 0 Å². The van der Waals surface area contributed by atoms with Crippen molar-refractivity contribution >= 4 is 0 Å². The van der Waals surface area contributed by atoms with E-state index in [4.69, 9.17) is 0 Å². The molecule has 0 saturated carbocycles. The molecule has 1 atom stereocenters. The average Bonchev–Trinajstić information content (AvgIpc) is 2.46. The fourth-order valence-electron chi connectivity index (χ4n) is 1.10. The van der Waals surface area contributed by atoms with Crippen molar-refractivity contribution in [3.63, 3.8) is 0 Å². The van der Waals surface area contributed by atoms with E-state index in [0.29, 0.717) is 5.41 Å². The second-order valence-electron chi connectivity index (χ2n) is 4.29. The van der Waals surface area contributed by atoms with Crippen LogP contribution in [0.15, 0.2) is 0 Å². The molecule has 0 N–H and O–H groups in total. The highest BCUT2D eigenvalue weighted by Gasteiger charge is 2.27. The Labute approximate surface area is 121 Å². The maximum absolute atomic E-state index is 2.37. The molecule has 0 fully saturated rings. The molecule has 0 amide bonds. The minimum absolute atomic E-state index is 0.509. The van der Waals surface area contributed by atoms with Crippen molar-refractivity contribution in [2.75, 3.05) is 0 Å². The lowest BCUT2D eigenvalue weighted by atomic mass is 9.71. The summed E-state index contributed by atoms with van der Waals surface area (Å²) in [7, 11) is 0. The van der Waals surface area contributed by atoms with Gasteiger partial charge in [0.2, 0.25) is 0 Å². The lowest BCUT2D eigenvalue weighted by Gasteiger charge is -2.35. The number of rotatable bonds is 3. The van der Waals surface area contributed by atoms with Gasteiger partial charge in [-0.3, -0.25) is 0 Å². The standard InChI is InChI=1S/C10H22.4C2H6/c1-7-9(4)10(5,6)8(2)3;4*1-2/h8-9H,7H2,1-6H3;4*1-2H3. The fourth-order valence-corrected chi connectivity index (χ4v) is 1.10. The molecule has 0 bridgehead atoms. The van der Waals surface area contributed by atoms with E-state index in [1.54, 1.807) is 0 Å². The molecule has 0 spiro atoms. The Balaban J connectivity index is -0.0000000596. The first-order valence-corrected chi connectivity index (χ1v) is 8.42. The molecule has 18 heavy (non-hydrogen) atoms. The zero-order chi connectivity index (χ0) is 16.4. The van der Waals surface area contributed by atoms with Gasteiger partial charge in [-0.1, -0.05) is 103 Å². The second kappa shape index (κ2) is 25.8. The summed E-state index contributed by atoms with van der Waals surface area (Å²) in [6, 6.07) is 0. The molecule has 0 aromatic rings. The highest BCUT2D eigenvalue weighted by Crippen LogP contribution is 2.36. The van der Waals surface area contributed by atoms with Crippen LogP contribution in [-0.4, -0.2) is 0 Å². The van der Waals surface area contributed by atoms with E-state index >= 15 is 0 Å². The monoisotopic (exact) mass is 262 g/mol. The van der Waals surface area contributed by atoms with Crippen LogP contribution in [0.4, 0.5) is 0 Å². The zero-order valence-electron chi connectivity index (χ0n) is 16.4. The molecule has 0 aromatic carbocycles. The molecule has 0 aliphatic heterocycles. The van der Waals surface area contributed by atoms with Gasteiger partial charge in [-0.05, 0) is 17.3 Å². The van der Waals surface area contributed by atoms with Crippen LogP contribution in [0.3, 0.4) is 0 Å². The minimum atomic E-state index is 0.509. The van der Waals surface area contributed by atoms with Crippen LogP contribution >= 0.6 is 0 Å². The third-order valence-electron chi connectivity index (χ3n) is 3.37. The smallest absolute Gasteiger partial charge is 0.0306 e. The molecule has 0 heterocycles. The van der Waals surface area contributed by atoms with E-state index in [1.807, 2.05) is 55.4 Å². The van der Waals surface area contributed by atoms with E-state index in [9.17, 15) is 0 Å². The van der Waals surface area contributed by atoms with Gasteiger partial charge < -0.3 is 0 Å². The Morgan fingerprint density at radius 2 is 0.889 bits per heavy atom. The Kier molecular flexibility index (Phi) is 44.0. The van der Waals surface area contributed by atoms with Crippen LogP contribution in [0.1, 0.15) is 103 Å². The number of hydrogen-bond acceptors (Lipinski definition) is 0. The molecule has 0 aliphatic rings. The topological polar surface area (TPSA) is 0 Å². The van der Waals surface area contributed by atoms with Gasteiger partial charge in [0.15, 0.2) is 0 Å². The maximum atomic E-state index is 2.37. The van der Waals surface area contributed by atoms with Gasteiger partial charge >= 0.3 is 0 Å². The summed E-state index contributed by atoms with van der Waals surface area (Å²) < 4.78 is 0. The fraction of sp³-hybridized carbons (Fsp3) is 1.00. The molecular weight excluding hydrogens is 216 g/mol. The lowest BCUT2D eigenvalue weighted by molar-refractivity contribution is 0.147. The van der Waals surface area contributed by atoms with Gasteiger partial charge in [-0.15, -0.1) is 0 Å². The lowest BCUT2D eigenvalue weighted by Crippen LogP contribution is -2.27. The summed E-state index contributed by atoms with van der Waals surface area (Å²) in [6.45, 7) is 30.0. The van der Waals surface area contributed by atoms with Gasteiger partial charge in [-0.2, -0.15) is 0 Å². The van der Waals surface area contributed by atoms with E-state index in [-0.39, 0.29) is 0 Å². The highest BCUT2D eigenvalue weighted by molar-refractivity contribution is 4.77. The summed E-state index contributed by atoms with van der Waals surface area (Å²) in [5.41, 5.74) is 0.509. The van der Waals surface area contributed by atoms with Crippen molar-refractivity contribution in [2.24, 2.45) is 17.3 Å². The Morgan fingerprint density at radius 3 is 0.944 bits per heavy atom. The predicted molar refractivity (Wildman–Crippen MR) is 93.5 cm³/mol. The van der Waals surface area contributed by atoms with E-state index in [1.165, 1.54) is 6.42 Å². The SMILES string of the molecule is CC.CC.CC.CC.CCC(C)C(C)(C)C(C)C. The van der Waals surface area contributed by atoms with Gasteiger partial charge in [0, 0.05) is 0 Å². The second-order valence-corrected chi connectivity index (χ2v) is 4.29. The van der Waals surface area contributed by atoms with Crippen molar-refractivity contribution in [1.82, 2.24) is 0 Å². The molecule has 1 unspecified atom stereocenters. The van der Waals surface area contributed by atoms with Gasteiger partial charge in [-0.25, -0.2) is 0 Å².